The molecule has 0 aliphatic heterocycles. The van der Waals surface area contributed by atoms with Crippen molar-refractivity contribution in [3.63, 3.8) is 0 Å². The first-order chi connectivity index (χ1) is 7.98. The minimum atomic E-state index is -4.55. The molecule has 0 radical (unpaired) electrons. The van der Waals surface area contributed by atoms with Gasteiger partial charge in [0.2, 0.25) is 5.95 Å². The smallest absolute Gasteiger partial charge is 0.252 e. The first kappa shape index (κ1) is 11.5. The molecule has 0 aliphatic rings. The van der Waals surface area contributed by atoms with Crippen molar-refractivity contribution in [2.24, 2.45) is 0 Å². The molecule has 0 aliphatic carbocycles. The van der Waals surface area contributed by atoms with Crippen molar-refractivity contribution >= 4 is 0 Å². The molecule has 6 heteroatoms. The zero-order valence-corrected chi connectivity index (χ0v) is 8.37. The Labute approximate surface area is 94.0 Å². The lowest BCUT2D eigenvalue weighted by molar-refractivity contribution is -0.141. The second-order valence-corrected chi connectivity index (χ2v) is 3.27. The number of halogens is 4. The van der Waals surface area contributed by atoms with E-state index in [2.05, 4.69) is 9.97 Å². The molecule has 0 aromatic carbocycles. The fourth-order valence-corrected chi connectivity index (χ4v) is 1.35. The highest BCUT2D eigenvalue weighted by atomic mass is 19.4. The molecule has 0 N–H and O–H groups in total. The topological polar surface area (TPSA) is 25.8 Å². The number of alkyl halides is 3. The van der Waals surface area contributed by atoms with Gasteiger partial charge in [0, 0.05) is 18.0 Å². The minimum Gasteiger partial charge on any atom is -0.252 e. The van der Waals surface area contributed by atoms with Crippen LogP contribution in [0.1, 0.15) is 5.69 Å². The second-order valence-electron chi connectivity index (χ2n) is 3.27. The summed E-state index contributed by atoms with van der Waals surface area (Å²) in [7, 11) is 0. The summed E-state index contributed by atoms with van der Waals surface area (Å²) in [5.74, 6) is -0.813. The lowest BCUT2D eigenvalue weighted by atomic mass is 10.1. The summed E-state index contributed by atoms with van der Waals surface area (Å²) in [4.78, 5) is 6.58. The maximum absolute atomic E-state index is 13.3. The fourth-order valence-electron chi connectivity index (χ4n) is 1.35. The lowest BCUT2D eigenvalue weighted by Crippen LogP contribution is -2.07. The van der Waals surface area contributed by atoms with E-state index in [0.29, 0.717) is 0 Å². The van der Waals surface area contributed by atoms with Gasteiger partial charge in [-0.3, -0.25) is 4.98 Å². The van der Waals surface area contributed by atoms with Gasteiger partial charge in [-0.2, -0.15) is 17.6 Å². The quantitative estimate of drug-likeness (QED) is 0.566. The van der Waals surface area contributed by atoms with Crippen molar-refractivity contribution in [1.29, 1.82) is 0 Å². The fraction of sp³-hybridized carbons (Fsp3) is 0.0909. The molecule has 17 heavy (non-hydrogen) atoms. The third-order valence-electron chi connectivity index (χ3n) is 2.12. The van der Waals surface area contributed by atoms with Gasteiger partial charge in [0.05, 0.1) is 0 Å². The van der Waals surface area contributed by atoms with Gasteiger partial charge < -0.3 is 0 Å². The summed E-state index contributed by atoms with van der Waals surface area (Å²) in [5.41, 5.74) is -0.948. The van der Waals surface area contributed by atoms with Crippen LogP contribution < -0.4 is 0 Å². The molecule has 2 rings (SSSR count). The molecule has 0 saturated heterocycles. The van der Waals surface area contributed by atoms with E-state index >= 15 is 0 Å². The van der Waals surface area contributed by atoms with Crippen molar-refractivity contribution in [3.05, 3.63) is 48.3 Å². The highest BCUT2D eigenvalue weighted by Gasteiger charge is 2.32. The molecular weight excluding hydrogens is 236 g/mol. The highest BCUT2D eigenvalue weighted by Crippen LogP contribution is 2.30. The standard InChI is InChI=1S/C11H6F4N2/c12-10-8(2-1-4-17-10)7-3-5-16-9(6-7)11(13,14)15/h1-6H. The van der Waals surface area contributed by atoms with Gasteiger partial charge in [-0.25, -0.2) is 4.98 Å². The third kappa shape index (κ3) is 2.41. The van der Waals surface area contributed by atoms with Gasteiger partial charge in [-0.1, -0.05) is 0 Å². The third-order valence-corrected chi connectivity index (χ3v) is 2.12. The van der Waals surface area contributed by atoms with Crippen LogP contribution >= 0.6 is 0 Å². The van der Waals surface area contributed by atoms with Crippen LogP contribution in [0, 0.1) is 5.95 Å². The van der Waals surface area contributed by atoms with Crippen LogP contribution in [0.2, 0.25) is 0 Å². The molecule has 0 spiro atoms. The predicted molar refractivity (Wildman–Crippen MR) is 52.4 cm³/mol. The molecular formula is C11H6F4N2. The molecule has 0 atom stereocenters. The van der Waals surface area contributed by atoms with E-state index in [1.165, 1.54) is 24.4 Å². The molecule has 0 unspecified atom stereocenters. The Morgan fingerprint density at radius 3 is 2.41 bits per heavy atom. The molecule has 88 valence electrons. The zero-order chi connectivity index (χ0) is 12.5. The van der Waals surface area contributed by atoms with E-state index in [1.807, 2.05) is 0 Å². The summed E-state index contributed by atoms with van der Waals surface area (Å²) in [5, 5.41) is 0. The van der Waals surface area contributed by atoms with Gasteiger partial charge in [0.25, 0.3) is 0 Å². The average molecular weight is 242 g/mol. The van der Waals surface area contributed by atoms with Crippen LogP contribution in [-0.4, -0.2) is 9.97 Å². The second kappa shape index (κ2) is 4.12. The summed E-state index contributed by atoms with van der Waals surface area (Å²) in [6.45, 7) is 0. The highest BCUT2D eigenvalue weighted by molar-refractivity contribution is 5.62. The number of pyridine rings is 2. The molecule has 2 heterocycles. The van der Waals surface area contributed by atoms with Gasteiger partial charge >= 0.3 is 6.18 Å². The predicted octanol–water partition coefficient (Wildman–Crippen LogP) is 3.30. The zero-order valence-electron chi connectivity index (χ0n) is 8.37. The lowest BCUT2D eigenvalue weighted by Gasteiger charge is -2.07. The van der Waals surface area contributed by atoms with E-state index < -0.39 is 17.8 Å². The number of aromatic nitrogens is 2. The van der Waals surface area contributed by atoms with E-state index in [9.17, 15) is 17.6 Å². The van der Waals surface area contributed by atoms with Crippen molar-refractivity contribution in [2.75, 3.05) is 0 Å². The van der Waals surface area contributed by atoms with Gasteiger partial charge in [-0.15, -0.1) is 0 Å². The summed E-state index contributed by atoms with van der Waals surface area (Å²) in [6, 6.07) is 4.90. The number of rotatable bonds is 1. The van der Waals surface area contributed by atoms with Crippen LogP contribution in [0.3, 0.4) is 0 Å². The maximum atomic E-state index is 13.3. The number of nitrogens with zero attached hydrogens (tertiary/aromatic N) is 2. The molecule has 2 aromatic rings. The number of hydrogen-bond donors (Lipinski definition) is 0. The Balaban J connectivity index is 2.51. The van der Waals surface area contributed by atoms with Gasteiger partial charge in [0.1, 0.15) is 5.69 Å². The van der Waals surface area contributed by atoms with Crippen LogP contribution in [0.4, 0.5) is 17.6 Å². The summed E-state index contributed by atoms with van der Waals surface area (Å²) < 4.78 is 50.5. The Kier molecular flexibility index (Phi) is 2.79. The van der Waals surface area contributed by atoms with Gasteiger partial charge in [0.15, 0.2) is 0 Å². The molecule has 0 fully saturated rings. The maximum Gasteiger partial charge on any atom is 0.433 e. The minimum absolute atomic E-state index is 0.0143. The van der Waals surface area contributed by atoms with E-state index in [1.54, 1.807) is 0 Å². The van der Waals surface area contributed by atoms with Crippen LogP contribution in [-0.2, 0) is 6.18 Å². The van der Waals surface area contributed by atoms with Crippen LogP contribution in [0.5, 0.6) is 0 Å². The van der Waals surface area contributed by atoms with Crippen molar-refractivity contribution < 1.29 is 17.6 Å². The monoisotopic (exact) mass is 242 g/mol. The van der Waals surface area contributed by atoms with E-state index in [0.717, 1.165) is 12.3 Å². The average Bonchev–Trinajstić information content (AvgIpc) is 2.29. The van der Waals surface area contributed by atoms with E-state index in [-0.39, 0.29) is 11.1 Å². The normalized spacial score (nSPS) is 11.5. The first-order valence-electron chi connectivity index (χ1n) is 4.62. The Morgan fingerprint density at radius 1 is 1.00 bits per heavy atom. The molecule has 0 amide bonds. The first-order valence-corrected chi connectivity index (χ1v) is 4.62. The molecule has 2 nitrogen and oxygen atoms in total. The number of hydrogen-bond acceptors (Lipinski definition) is 2. The Morgan fingerprint density at radius 2 is 1.76 bits per heavy atom. The van der Waals surface area contributed by atoms with Gasteiger partial charge in [-0.05, 0) is 29.8 Å². The van der Waals surface area contributed by atoms with Crippen molar-refractivity contribution in [2.45, 2.75) is 6.18 Å². The van der Waals surface area contributed by atoms with Crippen LogP contribution in [0.15, 0.2) is 36.7 Å². The van der Waals surface area contributed by atoms with Crippen molar-refractivity contribution in [3.8, 4) is 11.1 Å². The van der Waals surface area contributed by atoms with Crippen LogP contribution in [0.25, 0.3) is 11.1 Å². The SMILES string of the molecule is Fc1ncccc1-c1ccnc(C(F)(F)F)c1. The molecule has 0 saturated carbocycles. The summed E-state index contributed by atoms with van der Waals surface area (Å²) >= 11 is 0. The van der Waals surface area contributed by atoms with Crippen molar-refractivity contribution in [1.82, 2.24) is 9.97 Å². The Bertz CT molecular complexity index is 537. The largest absolute Gasteiger partial charge is 0.433 e. The molecule has 2 aromatic heterocycles. The molecule has 0 bridgehead atoms. The summed E-state index contributed by atoms with van der Waals surface area (Å²) in [6.07, 6.45) is -2.33. The Hall–Kier alpha value is -1.98. The van der Waals surface area contributed by atoms with E-state index in [4.69, 9.17) is 0 Å².